The molecule has 0 aliphatic heterocycles. The minimum Gasteiger partial charge on any atom is -1.00 e. The largest absolute Gasteiger partial charge is 1.00 e. The van der Waals surface area contributed by atoms with Crippen molar-refractivity contribution in [2.75, 3.05) is 28.4 Å². The van der Waals surface area contributed by atoms with Crippen molar-refractivity contribution in [1.29, 1.82) is 0 Å². The van der Waals surface area contributed by atoms with Crippen molar-refractivity contribution >= 4 is 41.6 Å². The molecule has 57 heavy (non-hydrogen) atoms. The van der Waals surface area contributed by atoms with E-state index in [-0.39, 0.29) is 17.0 Å². The van der Waals surface area contributed by atoms with Gasteiger partial charge in [-0.25, -0.2) is 0 Å². The van der Waals surface area contributed by atoms with Gasteiger partial charge in [0.2, 0.25) is 0 Å². The Kier molecular flexibility index (Phi) is 13.4. The lowest BCUT2D eigenvalue weighted by Gasteiger charge is -2.28. The van der Waals surface area contributed by atoms with Gasteiger partial charge in [-0.1, -0.05) is 91.0 Å². The molecule has 0 bridgehead atoms. The lowest BCUT2D eigenvalue weighted by atomic mass is 9.95. The van der Waals surface area contributed by atoms with Crippen LogP contribution >= 0.6 is 7.26 Å². The van der Waals surface area contributed by atoms with Crippen molar-refractivity contribution in [2.45, 2.75) is 6.16 Å². The van der Waals surface area contributed by atoms with Crippen LogP contribution in [0.1, 0.15) is 27.0 Å². The molecule has 0 aromatic heterocycles. The second kappa shape index (κ2) is 18.8. The summed E-state index contributed by atoms with van der Waals surface area (Å²) in [5.41, 5.74) is 7.22. The average Bonchev–Trinajstić information content (AvgIpc) is 3.27. The van der Waals surface area contributed by atoms with E-state index in [1.54, 1.807) is 34.5 Å². The number of hydrogen-bond acceptors (Lipinski definition) is 5. The summed E-state index contributed by atoms with van der Waals surface area (Å²) in [6.07, 6.45) is 5.81. The van der Waals surface area contributed by atoms with Crippen molar-refractivity contribution in [3.63, 3.8) is 0 Å². The van der Waals surface area contributed by atoms with E-state index in [1.807, 2.05) is 42.5 Å². The molecular weight excluding hydrogens is 791 g/mol. The number of ether oxygens (including phenoxy) is 4. The van der Waals surface area contributed by atoms with Crippen LogP contribution in [-0.2, 0) is 6.16 Å². The Labute approximate surface area is 346 Å². The molecule has 0 unspecified atom stereocenters. The average molecular weight is 836 g/mol. The summed E-state index contributed by atoms with van der Waals surface area (Å²) in [6.45, 7) is 0. The fourth-order valence-corrected chi connectivity index (χ4v) is 11.6. The molecule has 0 saturated carbocycles. The van der Waals surface area contributed by atoms with Crippen molar-refractivity contribution in [3.8, 4) is 45.3 Å². The van der Waals surface area contributed by atoms with Gasteiger partial charge in [-0.2, -0.15) is 0 Å². The highest BCUT2D eigenvalue weighted by Crippen LogP contribution is 2.58. The summed E-state index contributed by atoms with van der Waals surface area (Å²) in [5.74, 6) is 2.83. The highest BCUT2D eigenvalue weighted by molar-refractivity contribution is 7.95. The summed E-state index contributed by atoms with van der Waals surface area (Å²) in [4.78, 5) is 12.0. The highest BCUT2D eigenvalue weighted by atomic mass is 79.9. The van der Waals surface area contributed by atoms with Gasteiger partial charge in [-0.05, 0) is 113 Å². The maximum absolute atomic E-state index is 12.0. The third-order valence-electron chi connectivity index (χ3n) is 10.2. The summed E-state index contributed by atoms with van der Waals surface area (Å²) in [7, 11) is 4.52. The van der Waals surface area contributed by atoms with Gasteiger partial charge < -0.3 is 35.9 Å². The van der Waals surface area contributed by atoms with Crippen LogP contribution in [-0.4, -0.2) is 34.7 Å². The summed E-state index contributed by atoms with van der Waals surface area (Å²) in [6, 6.07) is 57.0. The van der Waals surface area contributed by atoms with Gasteiger partial charge in [0, 0.05) is 16.7 Å². The maximum atomic E-state index is 12.0. The summed E-state index contributed by atoms with van der Waals surface area (Å²) in [5, 5.41) is 4.00. The maximum Gasteiger partial charge on any atom is 0.150 e. The first kappa shape index (κ1) is 40.7. The van der Waals surface area contributed by atoms with Gasteiger partial charge in [0.25, 0.3) is 0 Å². The van der Waals surface area contributed by atoms with Crippen molar-refractivity contribution in [2.24, 2.45) is 0 Å². The van der Waals surface area contributed by atoms with Crippen LogP contribution in [0.25, 0.3) is 34.4 Å². The number of carbonyl (C=O) groups excluding carboxylic acids is 1. The first-order valence-corrected chi connectivity index (χ1v) is 20.4. The smallest absolute Gasteiger partial charge is 0.150 e. The molecule has 286 valence electrons. The molecule has 0 N–H and O–H groups in total. The number of hydrogen-bond donors (Lipinski definition) is 0. The van der Waals surface area contributed by atoms with Crippen LogP contribution in [0, 0.1) is 0 Å². The van der Waals surface area contributed by atoms with E-state index >= 15 is 0 Å². The predicted octanol–water partition coefficient (Wildman–Crippen LogP) is 7.54. The zero-order valence-electron chi connectivity index (χ0n) is 32.4. The Morgan fingerprint density at radius 1 is 0.456 bits per heavy atom. The van der Waals surface area contributed by atoms with Gasteiger partial charge in [-0.15, -0.1) is 0 Å². The van der Waals surface area contributed by atoms with E-state index in [4.69, 9.17) is 18.9 Å². The van der Waals surface area contributed by atoms with E-state index in [2.05, 4.69) is 127 Å². The number of methoxy groups -OCH3 is 4. The monoisotopic (exact) mass is 834 g/mol. The fraction of sp³-hybridized carbons (Fsp3) is 0.100. The normalized spacial score (nSPS) is 11.1. The molecule has 0 amide bonds. The van der Waals surface area contributed by atoms with E-state index in [0.717, 1.165) is 57.3 Å². The zero-order chi connectivity index (χ0) is 38.9. The Hall–Kier alpha value is -5.94. The van der Waals surface area contributed by atoms with Gasteiger partial charge >= 0.3 is 0 Å². The molecule has 0 spiro atoms. The molecule has 7 aromatic carbocycles. The molecule has 7 rings (SSSR count). The topological polar surface area (TPSA) is 54.0 Å². The van der Waals surface area contributed by atoms with Crippen molar-refractivity contribution < 1.29 is 40.7 Å². The van der Waals surface area contributed by atoms with Gasteiger partial charge in [-0.3, -0.25) is 4.79 Å². The third-order valence-corrected chi connectivity index (χ3v) is 14.6. The molecule has 7 aromatic rings. The number of benzene rings is 7. The molecule has 0 aliphatic carbocycles. The lowest BCUT2D eigenvalue weighted by Crippen LogP contribution is -3.00. The van der Waals surface area contributed by atoms with Crippen LogP contribution in [0.4, 0.5) is 0 Å². The van der Waals surface area contributed by atoms with Crippen LogP contribution in [0.5, 0.6) is 23.0 Å². The van der Waals surface area contributed by atoms with Crippen molar-refractivity contribution in [3.05, 3.63) is 186 Å². The highest BCUT2D eigenvalue weighted by Gasteiger charge is 2.45. The summed E-state index contributed by atoms with van der Waals surface area (Å²) >= 11 is 0. The Morgan fingerprint density at radius 3 is 1.40 bits per heavy atom. The van der Waals surface area contributed by atoms with Gasteiger partial charge in [0.05, 0.1) is 34.6 Å². The Balaban J connectivity index is 0.00000549. The quantitative estimate of drug-likeness (QED) is 0.0645. The van der Waals surface area contributed by atoms with Crippen LogP contribution in [0.3, 0.4) is 0 Å². The molecule has 0 radical (unpaired) electrons. The van der Waals surface area contributed by atoms with E-state index in [1.165, 1.54) is 21.5 Å². The molecule has 5 nitrogen and oxygen atoms in total. The van der Waals surface area contributed by atoms with Gasteiger partial charge in [0.1, 0.15) is 46.2 Å². The van der Waals surface area contributed by atoms with E-state index < -0.39 is 7.26 Å². The molecule has 0 aliphatic rings. The molecule has 0 heterocycles. The first-order valence-electron chi connectivity index (χ1n) is 18.4. The van der Waals surface area contributed by atoms with Crippen LogP contribution < -0.4 is 51.8 Å². The summed E-state index contributed by atoms with van der Waals surface area (Å²) < 4.78 is 23.0. The number of aldehydes is 1. The third kappa shape index (κ3) is 8.58. The van der Waals surface area contributed by atoms with E-state index in [0.29, 0.717) is 17.1 Å². The van der Waals surface area contributed by atoms with Crippen LogP contribution in [0.2, 0.25) is 0 Å². The van der Waals surface area contributed by atoms with Crippen molar-refractivity contribution in [1.82, 2.24) is 0 Å². The molecule has 0 atom stereocenters. The number of carbonyl (C=O) groups is 1. The minimum absolute atomic E-state index is 0. The fourth-order valence-electron chi connectivity index (χ4n) is 7.38. The molecule has 0 saturated heterocycles. The zero-order valence-corrected chi connectivity index (χ0v) is 34.9. The molecular formula is C50H44BrO5P. The Bertz CT molecular complexity index is 2370. The van der Waals surface area contributed by atoms with E-state index in [9.17, 15) is 4.79 Å². The second-order valence-electron chi connectivity index (χ2n) is 13.3. The standard InChI is InChI=1S/C50H44O5P.BrH/c1-52-40-24-28-45(38(32-40)23-20-36-21-26-48(49(30-36)54-3)46-29-25-41(53-2)33-39(46)34-51)47-27-22-37(31-50(47)55-4)35-56(42-14-8-5-9-15-42,43-16-10-6-11-17-43)44-18-12-7-13-19-44;/h5-34H,35H2,1-4H3;1H/q+1;/p-1/b23-20+;. The molecule has 7 heteroatoms. The van der Waals surface area contributed by atoms with Crippen LogP contribution in [0.15, 0.2) is 164 Å². The van der Waals surface area contributed by atoms with Gasteiger partial charge in [0.15, 0.2) is 6.29 Å². The Morgan fingerprint density at radius 2 is 0.912 bits per heavy atom. The first-order chi connectivity index (χ1) is 27.5. The minimum atomic E-state index is -2.11. The SMILES string of the molecule is COc1ccc(-c2ccc(/C=C/c3cc(OC)ccc3-c3ccc(C[P+](c4ccccc4)(c4ccccc4)c4ccccc4)cc3OC)cc2OC)c(C=O)c1.[Br-]. The number of halogens is 1. The lowest BCUT2D eigenvalue weighted by molar-refractivity contribution is -0.0000183. The molecule has 0 fully saturated rings. The predicted molar refractivity (Wildman–Crippen MR) is 233 cm³/mol. The number of rotatable bonds is 14. The second-order valence-corrected chi connectivity index (χ2v) is 16.8.